The number of aryl methyl sites for hydroxylation is 1. The van der Waals surface area contributed by atoms with Crippen LogP contribution in [0.1, 0.15) is 31.0 Å². The maximum Gasteiger partial charge on any atom is 0.128 e. The summed E-state index contributed by atoms with van der Waals surface area (Å²) in [5, 5.41) is 7.65. The summed E-state index contributed by atoms with van der Waals surface area (Å²) in [6.07, 6.45) is 1.93. The van der Waals surface area contributed by atoms with E-state index in [0.717, 1.165) is 11.4 Å². The van der Waals surface area contributed by atoms with Crippen LogP contribution in [0.3, 0.4) is 0 Å². The molecule has 0 spiro atoms. The van der Waals surface area contributed by atoms with Crippen LogP contribution in [0.5, 0.6) is 0 Å². The highest BCUT2D eigenvalue weighted by atomic mass is 19.1. The number of hydrogen-bond acceptors (Lipinski definition) is 2. The van der Waals surface area contributed by atoms with Gasteiger partial charge in [-0.1, -0.05) is 32.0 Å². The Morgan fingerprint density at radius 3 is 2.72 bits per heavy atom. The number of nitrogens with zero attached hydrogens (tertiary/aromatic N) is 2. The van der Waals surface area contributed by atoms with Gasteiger partial charge in [-0.2, -0.15) is 5.10 Å². The van der Waals surface area contributed by atoms with Gasteiger partial charge in [-0.05, 0) is 12.0 Å². The fourth-order valence-electron chi connectivity index (χ4n) is 1.90. The molecule has 3 nitrogen and oxygen atoms in total. The molecule has 2 aromatic rings. The fraction of sp³-hybridized carbons (Fsp3) is 0.357. The Hall–Kier alpha value is -1.84. The van der Waals surface area contributed by atoms with Gasteiger partial charge in [0.1, 0.15) is 5.82 Å². The Morgan fingerprint density at radius 1 is 1.33 bits per heavy atom. The van der Waals surface area contributed by atoms with E-state index < -0.39 is 0 Å². The summed E-state index contributed by atoms with van der Waals surface area (Å²) < 4.78 is 15.3. The van der Waals surface area contributed by atoms with E-state index in [0.29, 0.717) is 18.0 Å². The molecule has 2 rings (SSSR count). The molecule has 0 fully saturated rings. The third-order valence-corrected chi connectivity index (χ3v) is 2.83. The van der Waals surface area contributed by atoms with Crippen LogP contribution in [0.2, 0.25) is 0 Å². The van der Waals surface area contributed by atoms with Crippen molar-refractivity contribution in [1.82, 2.24) is 9.78 Å². The molecule has 0 saturated carbocycles. The molecule has 18 heavy (non-hydrogen) atoms. The number of hydrogen-bond donors (Lipinski definition) is 1. The van der Waals surface area contributed by atoms with Crippen LogP contribution in [0.15, 0.2) is 30.5 Å². The third kappa shape index (κ3) is 2.70. The van der Waals surface area contributed by atoms with E-state index in [4.69, 9.17) is 0 Å². The summed E-state index contributed by atoms with van der Waals surface area (Å²) in [4.78, 5) is 0. The second-order valence-corrected chi connectivity index (χ2v) is 4.70. The lowest BCUT2D eigenvalue weighted by Gasteiger charge is -2.08. The Morgan fingerprint density at radius 2 is 2.06 bits per heavy atom. The van der Waals surface area contributed by atoms with Crippen molar-refractivity contribution in [1.29, 1.82) is 0 Å². The molecular formula is C14H18FN3. The van der Waals surface area contributed by atoms with Crippen LogP contribution in [-0.4, -0.2) is 9.78 Å². The van der Waals surface area contributed by atoms with Gasteiger partial charge in [0.2, 0.25) is 0 Å². The SMILES string of the molecule is CC(C)c1nn(C)cc1NCc1ccccc1F. The number of rotatable bonds is 4. The van der Waals surface area contributed by atoms with Gasteiger partial charge in [-0.25, -0.2) is 4.39 Å². The van der Waals surface area contributed by atoms with Crippen LogP contribution in [0.25, 0.3) is 0 Å². The van der Waals surface area contributed by atoms with Crippen molar-refractivity contribution < 1.29 is 4.39 Å². The molecule has 1 heterocycles. The molecule has 0 bridgehead atoms. The molecule has 0 atom stereocenters. The summed E-state index contributed by atoms with van der Waals surface area (Å²) in [6.45, 7) is 4.66. The van der Waals surface area contributed by atoms with Crippen molar-refractivity contribution in [2.24, 2.45) is 7.05 Å². The number of nitrogens with one attached hydrogen (secondary N) is 1. The molecular weight excluding hydrogens is 229 g/mol. The van der Waals surface area contributed by atoms with Gasteiger partial charge in [-0.3, -0.25) is 4.68 Å². The second-order valence-electron chi connectivity index (χ2n) is 4.70. The van der Waals surface area contributed by atoms with Crippen LogP contribution < -0.4 is 5.32 Å². The predicted octanol–water partition coefficient (Wildman–Crippen LogP) is 3.29. The third-order valence-electron chi connectivity index (χ3n) is 2.83. The predicted molar refractivity (Wildman–Crippen MR) is 71.0 cm³/mol. The molecule has 0 aliphatic heterocycles. The second kappa shape index (κ2) is 5.21. The molecule has 1 N–H and O–H groups in total. The first-order valence-electron chi connectivity index (χ1n) is 6.08. The lowest BCUT2D eigenvalue weighted by Crippen LogP contribution is -2.03. The zero-order chi connectivity index (χ0) is 13.1. The fourth-order valence-corrected chi connectivity index (χ4v) is 1.90. The highest BCUT2D eigenvalue weighted by molar-refractivity contribution is 5.48. The normalized spacial score (nSPS) is 10.9. The first-order chi connectivity index (χ1) is 8.58. The van der Waals surface area contributed by atoms with Gasteiger partial charge >= 0.3 is 0 Å². The maximum atomic E-state index is 13.5. The Labute approximate surface area is 107 Å². The van der Waals surface area contributed by atoms with Crippen molar-refractivity contribution in [3.8, 4) is 0 Å². The minimum Gasteiger partial charge on any atom is -0.378 e. The Balaban J connectivity index is 2.13. The van der Waals surface area contributed by atoms with Crippen molar-refractivity contribution in [3.63, 3.8) is 0 Å². The van der Waals surface area contributed by atoms with Crippen molar-refractivity contribution in [2.45, 2.75) is 26.3 Å². The molecule has 0 saturated heterocycles. The van der Waals surface area contributed by atoms with Crippen LogP contribution in [0.4, 0.5) is 10.1 Å². The first-order valence-corrected chi connectivity index (χ1v) is 6.08. The topological polar surface area (TPSA) is 29.9 Å². The molecule has 0 aliphatic carbocycles. The number of benzene rings is 1. The van der Waals surface area contributed by atoms with Gasteiger partial charge in [-0.15, -0.1) is 0 Å². The van der Waals surface area contributed by atoms with E-state index in [1.165, 1.54) is 6.07 Å². The van der Waals surface area contributed by atoms with E-state index in [2.05, 4.69) is 24.3 Å². The first kappa shape index (κ1) is 12.6. The van der Waals surface area contributed by atoms with E-state index in [9.17, 15) is 4.39 Å². The van der Waals surface area contributed by atoms with E-state index in [-0.39, 0.29) is 5.82 Å². The van der Waals surface area contributed by atoms with Crippen LogP contribution >= 0.6 is 0 Å². The Bertz CT molecular complexity index is 532. The quantitative estimate of drug-likeness (QED) is 0.898. The summed E-state index contributed by atoms with van der Waals surface area (Å²) in [5.74, 6) is 0.161. The van der Waals surface area contributed by atoms with E-state index in [1.807, 2.05) is 19.3 Å². The van der Waals surface area contributed by atoms with Crippen molar-refractivity contribution in [3.05, 3.63) is 47.5 Å². The molecule has 0 aliphatic rings. The Kier molecular flexibility index (Phi) is 3.65. The average Bonchev–Trinajstić information content (AvgIpc) is 2.70. The van der Waals surface area contributed by atoms with Gasteiger partial charge < -0.3 is 5.32 Å². The molecule has 96 valence electrons. The maximum absolute atomic E-state index is 13.5. The minimum absolute atomic E-state index is 0.181. The summed E-state index contributed by atoms with van der Waals surface area (Å²) in [5.41, 5.74) is 2.64. The molecule has 0 radical (unpaired) electrons. The summed E-state index contributed by atoms with van der Waals surface area (Å²) in [7, 11) is 1.89. The molecule has 0 amide bonds. The molecule has 1 aromatic carbocycles. The highest BCUT2D eigenvalue weighted by Gasteiger charge is 2.11. The van der Waals surface area contributed by atoms with Gasteiger partial charge in [0.05, 0.1) is 11.4 Å². The zero-order valence-electron chi connectivity index (χ0n) is 10.9. The van der Waals surface area contributed by atoms with Crippen molar-refractivity contribution in [2.75, 3.05) is 5.32 Å². The van der Waals surface area contributed by atoms with Crippen LogP contribution in [-0.2, 0) is 13.6 Å². The minimum atomic E-state index is -0.181. The largest absolute Gasteiger partial charge is 0.378 e. The van der Waals surface area contributed by atoms with Crippen LogP contribution in [0, 0.1) is 5.82 Å². The monoisotopic (exact) mass is 247 g/mol. The molecule has 0 unspecified atom stereocenters. The highest BCUT2D eigenvalue weighted by Crippen LogP contribution is 2.22. The summed E-state index contributed by atoms with van der Waals surface area (Å²) in [6, 6.07) is 6.80. The lowest BCUT2D eigenvalue weighted by atomic mass is 10.1. The standard InChI is InChI=1S/C14H18FN3/c1-10(2)14-13(9-18(3)17-14)16-8-11-6-4-5-7-12(11)15/h4-7,9-10,16H,8H2,1-3H3. The smallest absolute Gasteiger partial charge is 0.128 e. The van der Waals surface area contributed by atoms with Gasteiger partial charge in [0.15, 0.2) is 0 Å². The lowest BCUT2D eigenvalue weighted by molar-refractivity contribution is 0.613. The number of anilines is 1. The van der Waals surface area contributed by atoms with Gasteiger partial charge in [0, 0.05) is 25.4 Å². The van der Waals surface area contributed by atoms with Crippen molar-refractivity contribution >= 4 is 5.69 Å². The summed E-state index contributed by atoms with van der Waals surface area (Å²) >= 11 is 0. The molecule has 4 heteroatoms. The molecule has 1 aromatic heterocycles. The van der Waals surface area contributed by atoms with E-state index in [1.54, 1.807) is 16.8 Å². The van der Waals surface area contributed by atoms with E-state index >= 15 is 0 Å². The average molecular weight is 247 g/mol. The van der Waals surface area contributed by atoms with Gasteiger partial charge in [0.25, 0.3) is 0 Å². The number of aromatic nitrogens is 2. The zero-order valence-corrected chi connectivity index (χ0v) is 10.9. The number of halogens is 1.